The van der Waals surface area contributed by atoms with Crippen LogP contribution in [0.1, 0.15) is 5.56 Å². The second-order valence-corrected chi connectivity index (χ2v) is 7.28. The minimum absolute atomic E-state index is 0.102. The Labute approximate surface area is 193 Å². The molecule has 0 bridgehead atoms. The fraction of sp³-hybridized carbons (Fsp3) is 0.136. The van der Waals surface area contributed by atoms with Crippen LogP contribution in [0.4, 0.5) is 14.6 Å². The van der Waals surface area contributed by atoms with Crippen LogP contribution in [0.2, 0.25) is 0 Å². The molecule has 0 spiro atoms. The number of hydrogen-bond acceptors (Lipinski definition) is 6. The maximum absolute atomic E-state index is 12.4. The largest absolute Gasteiger partial charge is 0.435 e. The molecule has 168 valence electrons. The molecule has 0 radical (unpaired) electrons. The predicted octanol–water partition coefficient (Wildman–Crippen LogP) is 4.01. The number of thiocarbonyl (C=S) groups is 1. The van der Waals surface area contributed by atoms with Gasteiger partial charge in [-0.25, -0.2) is 9.97 Å². The minimum atomic E-state index is -2.87. The van der Waals surface area contributed by atoms with Crippen LogP contribution in [0, 0.1) is 0 Å². The zero-order valence-electron chi connectivity index (χ0n) is 17.3. The van der Waals surface area contributed by atoms with Gasteiger partial charge in [0.05, 0.1) is 24.6 Å². The predicted molar refractivity (Wildman–Crippen MR) is 125 cm³/mol. The zero-order valence-corrected chi connectivity index (χ0v) is 18.1. The highest BCUT2D eigenvalue weighted by molar-refractivity contribution is 7.80. The van der Waals surface area contributed by atoms with Crippen molar-refractivity contribution in [1.29, 1.82) is 0 Å². The molecule has 0 fully saturated rings. The molecule has 2 N–H and O–H groups in total. The lowest BCUT2D eigenvalue weighted by atomic mass is 10.2. The van der Waals surface area contributed by atoms with Crippen molar-refractivity contribution >= 4 is 34.3 Å². The second-order valence-electron chi connectivity index (χ2n) is 6.87. The van der Waals surface area contributed by atoms with Gasteiger partial charge in [0, 0.05) is 18.3 Å². The monoisotopic (exact) mass is 467 g/mol. The fourth-order valence-corrected chi connectivity index (χ4v) is 3.21. The van der Waals surface area contributed by atoms with Gasteiger partial charge in [-0.15, -0.1) is 6.58 Å². The van der Waals surface area contributed by atoms with Crippen molar-refractivity contribution in [2.24, 2.45) is 0 Å². The summed E-state index contributed by atoms with van der Waals surface area (Å²) in [6.45, 7) is 1.68. The van der Waals surface area contributed by atoms with Crippen molar-refractivity contribution in [1.82, 2.24) is 30.0 Å². The Morgan fingerprint density at radius 2 is 2.09 bits per heavy atom. The van der Waals surface area contributed by atoms with Gasteiger partial charge in [0.1, 0.15) is 17.1 Å². The van der Waals surface area contributed by atoms with E-state index in [1.54, 1.807) is 53.6 Å². The quantitative estimate of drug-likeness (QED) is 0.297. The molecule has 0 saturated heterocycles. The first kappa shape index (κ1) is 22.2. The third kappa shape index (κ3) is 5.83. The van der Waals surface area contributed by atoms with Crippen LogP contribution in [0.25, 0.3) is 22.4 Å². The summed E-state index contributed by atoms with van der Waals surface area (Å²) in [5.41, 5.74) is 3.20. The summed E-state index contributed by atoms with van der Waals surface area (Å²) in [5.74, 6) is 0.641. The number of halogens is 2. The van der Waals surface area contributed by atoms with Gasteiger partial charge in [-0.2, -0.15) is 13.9 Å². The molecule has 0 aliphatic carbocycles. The lowest BCUT2D eigenvalue weighted by molar-refractivity contribution is -0.0498. The topological polar surface area (TPSA) is 89.8 Å². The lowest BCUT2D eigenvalue weighted by Gasteiger charge is -2.08. The molecule has 11 heteroatoms. The summed E-state index contributed by atoms with van der Waals surface area (Å²) in [5, 5.41) is 10.7. The number of pyridine rings is 1. The van der Waals surface area contributed by atoms with E-state index in [2.05, 4.69) is 42.0 Å². The Hall–Kier alpha value is -3.99. The average molecular weight is 468 g/mol. The molecule has 0 amide bonds. The molecule has 0 aliphatic heterocycles. The van der Waals surface area contributed by atoms with Gasteiger partial charge in [0.25, 0.3) is 0 Å². The number of aromatic nitrogens is 5. The van der Waals surface area contributed by atoms with Gasteiger partial charge < -0.3 is 15.4 Å². The molecule has 0 unspecified atom stereocenters. The third-order valence-electron chi connectivity index (χ3n) is 4.45. The molecule has 33 heavy (non-hydrogen) atoms. The summed E-state index contributed by atoms with van der Waals surface area (Å²) >= 11 is 5.21. The van der Waals surface area contributed by atoms with Crippen LogP contribution in [0.5, 0.6) is 5.75 Å². The molecule has 0 aliphatic rings. The van der Waals surface area contributed by atoms with E-state index in [0.29, 0.717) is 40.9 Å². The van der Waals surface area contributed by atoms with Crippen LogP contribution >= 0.6 is 12.2 Å². The molecular formula is C22H19F2N7OS. The number of alkyl halides is 2. The lowest BCUT2D eigenvalue weighted by Crippen LogP contribution is -2.28. The number of anilines is 1. The van der Waals surface area contributed by atoms with E-state index in [1.807, 2.05) is 6.07 Å². The van der Waals surface area contributed by atoms with Crippen LogP contribution in [-0.4, -0.2) is 43.0 Å². The minimum Gasteiger partial charge on any atom is -0.435 e. The fourth-order valence-electron chi connectivity index (χ4n) is 3.02. The van der Waals surface area contributed by atoms with Gasteiger partial charge in [-0.1, -0.05) is 18.2 Å². The highest BCUT2D eigenvalue weighted by Gasteiger charge is 2.09. The van der Waals surface area contributed by atoms with Crippen LogP contribution in [-0.2, 0) is 6.54 Å². The molecule has 3 heterocycles. The summed E-state index contributed by atoms with van der Waals surface area (Å²) in [7, 11) is 0. The number of hydrogen-bond donors (Lipinski definition) is 2. The second kappa shape index (κ2) is 10.1. The Morgan fingerprint density at radius 3 is 2.91 bits per heavy atom. The molecule has 4 rings (SSSR count). The third-order valence-corrected chi connectivity index (χ3v) is 4.70. The number of ether oxygens (including phenoxy) is 1. The number of fused-ring (bicyclic) bond motifs is 1. The van der Waals surface area contributed by atoms with E-state index in [9.17, 15) is 8.78 Å². The molecule has 3 aromatic heterocycles. The maximum atomic E-state index is 12.4. The van der Waals surface area contributed by atoms with Crippen molar-refractivity contribution < 1.29 is 13.5 Å². The van der Waals surface area contributed by atoms with Crippen molar-refractivity contribution in [3.63, 3.8) is 0 Å². The summed E-state index contributed by atoms with van der Waals surface area (Å²) < 4.78 is 31.0. The zero-order chi connectivity index (χ0) is 23.2. The van der Waals surface area contributed by atoms with E-state index < -0.39 is 6.61 Å². The molecule has 4 aromatic rings. The summed E-state index contributed by atoms with van der Waals surface area (Å²) in [6, 6.07) is 10.1. The molecule has 0 saturated carbocycles. The number of nitrogens with one attached hydrogen (secondary N) is 2. The first-order valence-corrected chi connectivity index (χ1v) is 10.3. The van der Waals surface area contributed by atoms with E-state index >= 15 is 0 Å². The van der Waals surface area contributed by atoms with E-state index in [1.165, 1.54) is 6.07 Å². The first-order valence-electron chi connectivity index (χ1n) is 9.86. The van der Waals surface area contributed by atoms with Crippen LogP contribution in [0.15, 0.2) is 67.6 Å². The number of benzene rings is 1. The summed E-state index contributed by atoms with van der Waals surface area (Å²) in [4.78, 5) is 13.5. The van der Waals surface area contributed by atoms with Gasteiger partial charge in [-0.3, -0.25) is 9.67 Å². The average Bonchev–Trinajstić information content (AvgIpc) is 3.25. The maximum Gasteiger partial charge on any atom is 0.387 e. The summed E-state index contributed by atoms with van der Waals surface area (Å²) in [6.07, 6.45) is 6.80. The van der Waals surface area contributed by atoms with Gasteiger partial charge in [-0.05, 0) is 42.0 Å². The normalized spacial score (nSPS) is 10.9. The van der Waals surface area contributed by atoms with Crippen molar-refractivity contribution in [3.05, 3.63) is 73.2 Å². The molecule has 8 nitrogen and oxygen atoms in total. The van der Waals surface area contributed by atoms with Gasteiger partial charge >= 0.3 is 6.61 Å². The van der Waals surface area contributed by atoms with E-state index in [4.69, 9.17) is 12.2 Å². The van der Waals surface area contributed by atoms with Crippen molar-refractivity contribution in [2.75, 3.05) is 11.9 Å². The molecule has 1 aromatic carbocycles. The van der Waals surface area contributed by atoms with Crippen molar-refractivity contribution in [2.45, 2.75) is 13.2 Å². The van der Waals surface area contributed by atoms with Crippen molar-refractivity contribution in [3.8, 4) is 17.0 Å². The van der Waals surface area contributed by atoms with Crippen LogP contribution in [0.3, 0.4) is 0 Å². The standard InChI is InChI=1S/C22H19F2N7OS/c1-2-8-25-22(33)30-19-7-6-17-20(29-19)28-18(11-26-17)15-10-27-31(13-15)12-14-4-3-5-16(9-14)32-21(23)24/h2-7,9-11,13,21H,1,8,12H2,(H2,25,28,29,30,33). The highest BCUT2D eigenvalue weighted by atomic mass is 32.1. The molecule has 0 atom stereocenters. The Bertz CT molecular complexity index is 1290. The molecular weight excluding hydrogens is 448 g/mol. The SMILES string of the molecule is C=CCNC(=S)Nc1ccc2ncc(-c3cnn(Cc4cccc(OC(F)F)c4)c3)nc2n1. The Kier molecular flexibility index (Phi) is 6.79. The highest BCUT2D eigenvalue weighted by Crippen LogP contribution is 2.21. The number of rotatable bonds is 8. The Morgan fingerprint density at radius 1 is 1.21 bits per heavy atom. The van der Waals surface area contributed by atoms with E-state index in [-0.39, 0.29) is 5.75 Å². The Balaban J connectivity index is 1.51. The van der Waals surface area contributed by atoms with Crippen LogP contribution < -0.4 is 15.4 Å². The first-order chi connectivity index (χ1) is 16.0. The van der Waals surface area contributed by atoms with Gasteiger partial charge in [0.2, 0.25) is 0 Å². The number of nitrogens with zero attached hydrogens (tertiary/aromatic N) is 5. The van der Waals surface area contributed by atoms with Gasteiger partial charge in [0.15, 0.2) is 10.8 Å². The van der Waals surface area contributed by atoms with E-state index in [0.717, 1.165) is 11.1 Å². The smallest absolute Gasteiger partial charge is 0.387 e.